The maximum atomic E-state index is 6.64. The first-order valence-electron chi connectivity index (χ1n) is 7.88. The molecule has 0 saturated heterocycles. The fourth-order valence-corrected chi connectivity index (χ4v) is 3.44. The van der Waals surface area contributed by atoms with Gasteiger partial charge in [0, 0.05) is 18.8 Å². The zero-order valence-electron chi connectivity index (χ0n) is 12.6. The van der Waals surface area contributed by atoms with E-state index in [9.17, 15) is 0 Å². The highest BCUT2D eigenvalue weighted by molar-refractivity contribution is 5.05. The van der Waals surface area contributed by atoms with Crippen molar-refractivity contribution in [3.63, 3.8) is 0 Å². The Balaban J connectivity index is 1.84. The molecule has 0 aliphatic heterocycles. The highest BCUT2D eigenvalue weighted by Gasteiger charge is 2.28. The van der Waals surface area contributed by atoms with Crippen molar-refractivity contribution in [3.8, 4) is 0 Å². The molecule has 2 atom stereocenters. The number of nitrogens with zero attached hydrogens (tertiary/aromatic N) is 2. The molecule has 3 heteroatoms. The Labute approximate surface area is 117 Å². The van der Waals surface area contributed by atoms with Gasteiger partial charge >= 0.3 is 0 Å². The topological polar surface area (TPSA) is 43.8 Å². The quantitative estimate of drug-likeness (QED) is 0.827. The fourth-order valence-electron chi connectivity index (χ4n) is 3.44. The first-order valence-corrected chi connectivity index (χ1v) is 7.88. The first kappa shape index (κ1) is 14.6. The Kier molecular flexibility index (Phi) is 5.03. The van der Waals surface area contributed by atoms with E-state index >= 15 is 0 Å². The van der Waals surface area contributed by atoms with Gasteiger partial charge in [0.25, 0.3) is 0 Å². The molecule has 1 saturated carbocycles. The number of hydrogen-bond donors (Lipinski definition) is 1. The molecule has 0 bridgehead atoms. The van der Waals surface area contributed by atoms with Gasteiger partial charge in [-0.25, -0.2) is 0 Å². The molecule has 1 aliphatic carbocycles. The smallest absolute Gasteiger partial charge is 0.0521 e. The summed E-state index contributed by atoms with van der Waals surface area (Å²) in [4.78, 5) is 0. The van der Waals surface area contributed by atoms with Crippen LogP contribution in [-0.4, -0.2) is 15.3 Å². The van der Waals surface area contributed by atoms with Crippen molar-refractivity contribution in [2.24, 2.45) is 18.7 Å². The van der Waals surface area contributed by atoms with Gasteiger partial charge in [-0.2, -0.15) is 5.10 Å². The fraction of sp³-hybridized carbons (Fsp3) is 0.812. The summed E-state index contributed by atoms with van der Waals surface area (Å²) in [5.74, 6) is 0.925. The van der Waals surface area contributed by atoms with Crippen molar-refractivity contribution < 1.29 is 0 Å². The van der Waals surface area contributed by atoms with Crippen LogP contribution in [0.1, 0.15) is 63.9 Å². The van der Waals surface area contributed by atoms with Crippen LogP contribution < -0.4 is 5.73 Å². The van der Waals surface area contributed by atoms with Gasteiger partial charge in [-0.1, -0.05) is 32.6 Å². The molecule has 0 radical (unpaired) electrons. The van der Waals surface area contributed by atoms with Crippen molar-refractivity contribution in [1.29, 1.82) is 0 Å². The minimum absolute atomic E-state index is 0.0678. The second-order valence-electron chi connectivity index (χ2n) is 6.47. The molecule has 0 spiro atoms. The highest BCUT2D eigenvalue weighted by atomic mass is 15.2. The summed E-state index contributed by atoms with van der Waals surface area (Å²) in [7, 11) is 1.97. The van der Waals surface area contributed by atoms with Gasteiger partial charge in [0.15, 0.2) is 0 Å². The Bertz CT molecular complexity index is 385. The van der Waals surface area contributed by atoms with Crippen LogP contribution in [0.25, 0.3) is 0 Å². The molecule has 3 nitrogen and oxygen atoms in total. The van der Waals surface area contributed by atoms with Crippen LogP contribution in [0.4, 0.5) is 0 Å². The maximum Gasteiger partial charge on any atom is 0.0521 e. The summed E-state index contributed by atoms with van der Waals surface area (Å²) in [6.07, 6.45) is 15.4. The minimum Gasteiger partial charge on any atom is -0.325 e. The average molecular weight is 263 g/mol. The summed E-state index contributed by atoms with van der Waals surface area (Å²) in [6, 6.07) is 0. The molecule has 0 amide bonds. The molecule has 1 heterocycles. The SMILES string of the molecule is CCCC1CCCC(N)(CCc2cnn(C)c2)CC1. The van der Waals surface area contributed by atoms with Crippen LogP contribution in [0.3, 0.4) is 0 Å². The largest absolute Gasteiger partial charge is 0.325 e. The third kappa shape index (κ3) is 4.34. The second-order valence-corrected chi connectivity index (χ2v) is 6.47. The van der Waals surface area contributed by atoms with Gasteiger partial charge in [0.2, 0.25) is 0 Å². The van der Waals surface area contributed by atoms with Gasteiger partial charge in [-0.05, 0) is 43.6 Å². The lowest BCUT2D eigenvalue weighted by Crippen LogP contribution is -2.39. The molecule has 108 valence electrons. The summed E-state index contributed by atoms with van der Waals surface area (Å²) in [5, 5.41) is 4.23. The minimum atomic E-state index is 0.0678. The van der Waals surface area contributed by atoms with Crippen LogP contribution in [0.5, 0.6) is 0 Å². The van der Waals surface area contributed by atoms with E-state index in [2.05, 4.69) is 18.2 Å². The van der Waals surface area contributed by atoms with Crippen molar-refractivity contribution in [2.75, 3.05) is 0 Å². The van der Waals surface area contributed by atoms with Crippen molar-refractivity contribution in [1.82, 2.24) is 9.78 Å². The standard InChI is InChI=1S/C16H29N3/c1-3-5-14-6-4-9-16(17,10-7-14)11-8-15-12-18-19(2)13-15/h12-14H,3-11,17H2,1-2H3. The van der Waals surface area contributed by atoms with E-state index in [1.54, 1.807) is 0 Å². The number of aromatic nitrogens is 2. The zero-order valence-corrected chi connectivity index (χ0v) is 12.6. The molecule has 1 aromatic rings. The van der Waals surface area contributed by atoms with Gasteiger partial charge in [0.1, 0.15) is 0 Å². The van der Waals surface area contributed by atoms with E-state index in [4.69, 9.17) is 5.73 Å². The van der Waals surface area contributed by atoms with Crippen LogP contribution in [-0.2, 0) is 13.5 Å². The first-order chi connectivity index (χ1) is 9.11. The average Bonchev–Trinajstić information content (AvgIpc) is 2.71. The molecule has 2 unspecified atom stereocenters. The molecule has 19 heavy (non-hydrogen) atoms. The Morgan fingerprint density at radius 3 is 2.95 bits per heavy atom. The summed E-state index contributed by atoms with van der Waals surface area (Å²) in [6.45, 7) is 2.29. The summed E-state index contributed by atoms with van der Waals surface area (Å²) in [5.41, 5.74) is 8.03. The van der Waals surface area contributed by atoms with Crippen LogP contribution in [0.15, 0.2) is 12.4 Å². The second kappa shape index (κ2) is 6.56. The lowest BCUT2D eigenvalue weighted by atomic mass is 9.85. The highest BCUT2D eigenvalue weighted by Crippen LogP contribution is 2.33. The van der Waals surface area contributed by atoms with E-state index in [0.717, 1.165) is 18.8 Å². The van der Waals surface area contributed by atoms with Crippen molar-refractivity contribution in [2.45, 2.75) is 70.3 Å². The number of rotatable bonds is 5. The lowest BCUT2D eigenvalue weighted by molar-refractivity contribution is 0.335. The third-order valence-corrected chi connectivity index (χ3v) is 4.70. The van der Waals surface area contributed by atoms with E-state index in [1.807, 2.05) is 17.9 Å². The van der Waals surface area contributed by atoms with E-state index in [1.165, 1.54) is 50.5 Å². The lowest BCUT2D eigenvalue weighted by Gasteiger charge is -2.28. The molecule has 2 N–H and O–H groups in total. The normalized spacial score (nSPS) is 28.3. The molecule has 1 fully saturated rings. The Morgan fingerprint density at radius 1 is 1.42 bits per heavy atom. The predicted molar refractivity (Wildman–Crippen MR) is 79.9 cm³/mol. The number of nitrogens with two attached hydrogens (primary N) is 1. The number of hydrogen-bond acceptors (Lipinski definition) is 2. The molecular formula is C16H29N3. The van der Waals surface area contributed by atoms with Gasteiger partial charge < -0.3 is 5.73 Å². The summed E-state index contributed by atoms with van der Waals surface area (Å²) < 4.78 is 1.88. The van der Waals surface area contributed by atoms with Crippen LogP contribution >= 0.6 is 0 Å². The molecular weight excluding hydrogens is 234 g/mol. The molecule has 1 aliphatic rings. The van der Waals surface area contributed by atoms with Gasteiger partial charge in [-0.15, -0.1) is 0 Å². The monoisotopic (exact) mass is 263 g/mol. The van der Waals surface area contributed by atoms with Crippen molar-refractivity contribution >= 4 is 0 Å². The van der Waals surface area contributed by atoms with Gasteiger partial charge in [0.05, 0.1) is 6.20 Å². The van der Waals surface area contributed by atoms with Gasteiger partial charge in [-0.3, -0.25) is 4.68 Å². The Morgan fingerprint density at radius 2 is 2.26 bits per heavy atom. The predicted octanol–water partition coefficient (Wildman–Crippen LogP) is 3.43. The van der Waals surface area contributed by atoms with Crippen LogP contribution in [0.2, 0.25) is 0 Å². The van der Waals surface area contributed by atoms with E-state index < -0.39 is 0 Å². The Hall–Kier alpha value is -0.830. The maximum absolute atomic E-state index is 6.64. The molecule has 1 aromatic heterocycles. The summed E-state index contributed by atoms with van der Waals surface area (Å²) >= 11 is 0. The molecule has 2 rings (SSSR count). The number of aryl methyl sites for hydroxylation is 2. The van der Waals surface area contributed by atoms with Crippen LogP contribution in [0, 0.1) is 5.92 Å². The third-order valence-electron chi connectivity index (χ3n) is 4.70. The zero-order chi connectivity index (χ0) is 13.7. The van der Waals surface area contributed by atoms with Crippen molar-refractivity contribution in [3.05, 3.63) is 18.0 Å². The van der Waals surface area contributed by atoms with E-state index in [0.29, 0.717) is 0 Å². The molecule has 0 aromatic carbocycles. The van der Waals surface area contributed by atoms with E-state index in [-0.39, 0.29) is 5.54 Å².